The average Bonchev–Trinajstić information content (AvgIpc) is 2.95. The first kappa shape index (κ1) is 15.9. The summed E-state index contributed by atoms with van der Waals surface area (Å²) in [6, 6.07) is 3.47. The summed E-state index contributed by atoms with van der Waals surface area (Å²) >= 11 is 0. The summed E-state index contributed by atoms with van der Waals surface area (Å²) in [5.74, 6) is 1.04. The van der Waals surface area contributed by atoms with E-state index in [1.165, 1.54) is 0 Å². The van der Waals surface area contributed by atoms with Crippen molar-refractivity contribution >= 4 is 9.84 Å². The highest BCUT2D eigenvalue weighted by Crippen LogP contribution is 2.28. The van der Waals surface area contributed by atoms with Crippen LogP contribution in [0.3, 0.4) is 0 Å². The first-order valence-corrected chi connectivity index (χ1v) is 9.21. The van der Waals surface area contributed by atoms with Crippen molar-refractivity contribution in [1.29, 1.82) is 0 Å². The summed E-state index contributed by atoms with van der Waals surface area (Å²) in [5.41, 5.74) is 1.77. The van der Waals surface area contributed by atoms with Crippen LogP contribution in [0.15, 0.2) is 30.7 Å². The van der Waals surface area contributed by atoms with Crippen molar-refractivity contribution in [3.05, 3.63) is 42.0 Å². The van der Waals surface area contributed by atoms with Crippen LogP contribution in [0.25, 0.3) is 0 Å². The van der Waals surface area contributed by atoms with Crippen molar-refractivity contribution in [2.24, 2.45) is 7.05 Å². The molecule has 0 bridgehead atoms. The molecule has 0 spiro atoms. The zero-order valence-electron chi connectivity index (χ0n) is 13.2. The van der Waals surface area contributed by atoms with Crippen molar-refractivity contribution in [2.75, 3.05) is 25.2 Å². The number of sulfone groups is 1. The van der Waals surface area contributed by atoms with E-state index in [0.717, 1.165) is 17.0 Å². The molecule has 3 heterocycles. The quantitative estimate of drug-likeness (QED) is 0.822. The smallest absolute Gasteiger partial charge is 0.153 e. The number of aryl methyl sites for hydroxylation is 1. The van der Waals surface area contributed by atoms with Crippen molar-refractivity contribution in [3.63, 3.8) is 0 Å². The summed E-state index contributed by atoms with van der Waals surface area (Å²) in [6.07, 6.45) is 5.31. The zero-order valence-corrected chi connectivity index (χ0v) is 14.0. The van der Waals surface area contributed by atoms with Gasteiger partial charge in [-0.1, -0.05) is 0 Å². The van der Waals surface area contributed by atoms with Crippen LogP contribution in [-0.4, -0.2) is 53.2 Å². The summed E-state index contributed by atoms with van der Waals surface area (Å²) in [6.45, 7) is 1.06. The lowest BCUT2D eigenvalue weighted by Crippen LogP contribution is -2.42. The van der Waals surface area contributed by atoms with Gasteiger partial charge in [0.05, 0.1) is 36.5 Å². The van der Waals surface area contributed by atoms with Crippen LogP contribution in [0.1, 0.15) is 17.3 Å². The van der Waals surface area contributed by atoms with Gasteiger partial charge >= 0.3 is 0 Å². The van der Waals surface area contributed by atoms with E-state index in [1.54, 1.807) is 30.3 Å². The van der Waals surface area contributed by atoms with Gasteiger partial charge in [0.25, 0.3) is 0 Å². The second-order valence-electron chi connectivity index (χ2n) is 5.73. The van der Waals surface area contributed by atoms with E-state index in [1.807, 2.05) is 19.3 Å². The largest absolute Gasteiger partial charge is 0.497 e. The molecule has 1 fully saturated rings. The molecule has 1 aliphatic rings. The molecule has 23 heavy (non-hydrogen) atoms. The normalized spacial score (nSPS) is 21.2. The van der Waals surface area contributed by atoms with Crippen LogP contribution in [0, 0.1) is 0 Å². The van der Waals surface area contributed by atoms with Crippen LogP contribution >= 0.6 is 0 Å². The molecule has 2 aromatic rings. The Morgan fingerprint density at radius 3 is 2.96 bits per heavy atom. The fraction of sp³-hybridized carbons (Fsp3) is 0.467. The van der Waals surface area contributed by atoms with Crippen molar-refractivity contribution in [1.82, 2.24) is 19.7 Å². The van der Waals surface area contributed by atoms with E-state index in [-0.39, 0.29) is 17.5 Å². The van der Waals surface area contributed by atoms with Crippen LogP contribution in [0.5, 0.6) is 5.75 Å². The predicted molar refractivity (Wildman–Crippen MR) is 85.8 cm³/mol. The van der Waals surface area contributed by atoms with Gasteiger partial charge in [0.1, 0.15) is 5.75 Å². The van der Waals surface area contributed by atoms with Crippen molar-refractivity contribution in [2.45, 2.75) is 12.6 Å². The third-order valence-corrected chi connectivity index (χ3v) is 5.67. The second kappa shape index (κ2) is 6.29. The lowest BCUT2D eigenvalue weighted by molar-refractivity contribution is 0.203. The predicted octanol–water partition coefficient (Wildman–Crippen LogP) is 0.795. The number of methoxy groups -OCH3 is 1. The Morgan fingerprint density at radius 1 is 1.43 bits per heavy atom. The van der Waals surface area contributed by atoms with Crippen LogP contribution in [0.4, 0.5) is 0 Å². The maximum Gasteiger partial charge on any atom is 0.153 e. The molecule has 0 aromatic carbocycles. The molecule has 0 saturated carbocycles. The maximum absolute atomic E-state index is 12.1. The highest BCUT2D eigenvalue weighted by Gasteiger charge is 2.33. The Morgan fingerprint density at radius 2 is 2.26 bits per heavy atom. The lowest BCUT2D eigenvalue weighted by atomic mass is 10.1. The summed E-state index contributed by atoms with van der Waals surface area (Å²) in [5, 5.41) is 4.17. The summed E-state index contributed by atoms with van der Waals surface area (Å²) in [7, 11) is 0.412. The molecule has 1 atom stereocenters. The molecule has 0 N–H and O–H groups in total. The SMILES string of the molecule is COc1ccnc(CN2CCS(=O)(=O)C[C@@H]2c2cnn(C)c2)c1. The lowest BCUT2D eigenvalue weighted by Gasteiger charge is -2.34. The summed E-state index contributed by atoms with van der Waals surface area (Å²) < 4.78 is 31.0. The zero-order chi connectivity index (χ0) is 16.4. The van der Waals surface area contributed by atoms with Gasteiger partial charge in [-0.3, -0.25) is 14.6 Å². The third-order valence-electron chi connectivity index (χ3n) is 4.04. The number of hydrogen-bond donors (Lipinski definition) is 0. The Kier molecular flexibility index (Phi) is 4.36. The molecule has 0 amide bonds. The Hall–Kier alpha value is -1.93. The van der Waals surface area contributed by atoms with Gasteiger partial charge in [-0.15, -0.1) is 0 Å². The number of pyridine rings is 1. The molecule has 1 saturated heterocycles. The molecule has 3 rings (SSSR count). The molecule has 8 heteroatoms. The second-order valence-corrected chi connectivity index (χ2v) is 7.96. The van der Waals surface area contributed by atoms with Gasteiger partial charge < -0.3 is 4.74 Å². The minimum absolute atomic E-state index is 0.114. The van der Waals surface area contributed by atoms with E-state index in [0.29, 0.717) is 13.1 Å². The molecule has 0 aliphatic carbocycles. The van der Waals surface area contributed by atoms with Gasteiger partial charge in [0.15, 0.2) is 9.84 Å². The molecule has 2 aromatic heterocycles. The number of aromatic nitrogens is 3. The average molecular weight is 336 g/mol. The topological polar surface area (TPSA) is 77.3 Å². The van der Waals surface area contributed by atoms with E-state index in [9.17, 15) is 8.42 Å². The maximum atomic E-state index is 12.1. The Balaban J connectivity index is 1.86. The van der Waals surface area contributed by atoms with Gasteiger partial charge in [-0.2, -0.15) is 5.10 Å². The molecule has 1 aliphatic heterocycles. The van der Waals surface area contributed by atoms with Gasteiger partial charge in [0.2, 0.25) is 0 Å². The number of nitrogens with zero attached hydrogens (tertiary/aromatic N) is 4. The number of ether oxygens (including phenoxy) is 1. The van der Waals surface area contributed by atoms with Crippen molar-refractivity contribution in [3.8, 4) is 5.75 Å². The molecular formula is C15H20N4O3S. The fourth-order valence-corrected chi connectivity index (χ4v) is 4.39. The summed E-state index contributed by atoms with van der Waals surface area (Å²) in [4.78, 5) is 6.50. The van der Waals surface area contributed by atoms with E-state index < -0.39 is 9.84 Å². The van der Waals surface area contributed by atoms with Gasteiger partial charge in [-0.05, 0) is 6.07 Å². The fourth-order valence-electron chi connectivity index (χ4n) is 2.83. The Labute approximate surface area is 135 Å². The first-order chi connectivity index (χ1) is 11.0. The number of rotatable bonds is 4. The first-order valence-electron chi connectivity index (χ1n) is 7.39. The van der Waals surface area contributed by atoms with Crippen molar-refractivity contribution < 1.29 is 13.2 Å². The standard InChI is InChI=1S/C15H20N4O3S/c1-18-9-12(8-17-18)15-11-23(20,21)6-5-19(15)10-13-7-14(22-2)3-4-16-13/h3-4,7-9,15H,5-6,10-11H2,1-2H3/t15-/m1/s1. The Bertz CT molecular complexity index is 788. The van der Waals surface area contributed by atoms with Crippen LogP contribution < -0.4 is 4.74 Å². The number of hydrogen-bond acceptors (Lipinski definition) is 6. The van der Waals surface area contributed by atoms with Gasteiger partial charge in [0, 0.05) is 44.2 Å². The minimum atomic E-state index is -3.03. The van der Waals surface area contributed by atoms with E-state index >= 15 is 0 Å². The molecular weight excluding hydrogens is 316 g/mol. The molecule has 0 unspecified atom stereocenters. The van der Waals surface area contributed by atoms with E-state index in [4.69, 9.17) is 4.74 Å². The van der Waals surface area contributed by atoms with Crippen LogP contribution in [0.2, 0.25) is 0 Å². The molecule has 0 radical (unpaired) electrons. The van der Waals surface area contributed by atoms with Crippen LogP contribution in [-0.2, 0) is 23.4 Å². The highest BCUT2D eigenvalue weighted by molar-refractivity contribution is 7.91. The molecule has 124 valence electrons. The minimum Gasteiger partial charge on any atom is -0.497 e. The third kappa shape index (κ3) is 3.70. The molecule has 7 nitrogen and oxygen atoms in total. The van der Waals surface area contributed by atoms with Gasteiger partial charge in [-0.25, -0.2) is 8.42 Å². The highest BCUT2D eigenvalue weighted by atomic mass is 32.2. The van der Waals surface area contributed by atoms with E-state index in [2.05, 4.69) is 15.0 Å². The monoisotopic (exact) mass is 336 g/mol.